The van der Waals surface area contributed by atoms with Crippen molar-refractivity contribution in [3.05, 3.63) is 28.2 Å². The van der Waals surface area contributed by atoms with Gasteiger partial charge in [0.25, 0.3) is 5.91 Å². The third kappa shape index (κ3) is 11.4. The smallest absolute Gasteiger partial charge is 0.340 e. The van der Waals surface area contributed by atoms with Crippen molar-refractivity contribution >= 4 is 49.6 Å². The van der Waals surface area contributed by atoms with Gasteiger partial charge in [0.05, 0.1) is 50.6 Å². The van der Waals surface area contributed by atoms with Crippen LogP contribution in [0.15, 0.2) is 22.7 Å². The van der Waals surface area contributed by atoms with Gasteiger partial charge in [-0.2, -0.15) is 0 Å². The number of hydrogen-bond acceptors (Lipinski definition) is 9. The number of likely N-dealkylation sites (tertiary alicyclic amines) is 1. The molecule has 1 aromatic carbocycles. The summed E-state index contributed by atoms with van der Waals surface area (Å²) in [4.78, 5) is 42.5. The van der Waals surface area contributed by atoms with Crippen molar-refractivity contribution in [1.82, 2.24) is 15.1 Å². The van der Waals surface area contributed by atoms with Gasteiger partial charge < -0.3 is 38.4 Å². The Labute approximate surface area is 296 Å². The number of hydrogen-bond donors (Lipinski definition) is 2. The molecule has 0 bridgehead atoms. The number of ether oxygens (including phenoxy) is 1. The van der Waals surface area contributed by atoms with Crippen molar-refractivity contribution < 1.29 is 42.3 Å². The van der Waals surface area contributed by atoms with Crippen LogP contribution in [-0.2, 0) is 27.6 Å². The van der Waals surface area contributed by atoms with Gasteiger partial charge in [-0.1, -0.05) is 57.5 Å². The number of halogens is 1. The van der Waals surface area contributed by atoms with Crippen molar-refractivity contribution in [1.29, 1.82) is 0 Å². The molecule has 2 rings (SSSR count). The Morgan fingerprint density at radius 3 is 2.23 bits per heavy atom. The highest BCUT2D eigenvalue weighted by Gasteiger charge is 2.45. The van der Waals surface area contributed by atoms with Crippen LogP contribution in [0.25, 0.3) is 0 Å². The van der Waals surface area contributed by atoms with E-state index in [1.54, 1.807) is 36.9 Å². The van der Waals surface area contributed by atoms with E-state index >= 15 is 0 Å². The lowest BCUT2D eigenvalue weighted by molar-refractivity contribution is -0.139. The number of nitrogens with zero attached hydrogens (tertiary/aromatic N) is 2. The fourth-order valence-electron chi connectivity index (χ4n) is 6.66. The quantitative estimate of drug-likeness (QED) is 0.124. The molecule has 1 aliphatic rings. The third-order valence-corrected chi connectivity index (χ3v) is 17.4. The van der Waals surface area contributed by atoms with Crippen molar-refractivity contribution in [2.24, 2.45) is 0 Å². The highest BCUT2D eigenvalue weighted by molar-refractivity contribution is 9.10. The zero-order chi connectivity index (χ0) is 36.2. The molecule has 0 spiro atoms. The molecule has 1 aliphatic heterocycles. The van der Waals surface area contributed by atoms with E-state index in [1.807, 2.05) is 0 Å². The number of aliphatic hydroxyl groups is 1. The Hall–Kier alpha value is -1.80. The molecular weight excluding hydrogens is 721 g/mol. The molecule has 1 aromatic rings. The van der Waals surface area contributed by atoms with E-state index in [-0.39, 0.29) is 51.5 Å². The summed E-state index contributed by atoms with van der Waals surface area (Å²) >= 11 is 3.46. The van der Waals surface area contributed by atoms with Crippen LogP contribution >= 0.6 is 23.5 Å². The summed E-state index contributed by atoms with van der Waals surface area (Å²) in [6.07, 6.45) is 1.01. The number of nitrogens with one attached hydrogen (secondary N) is 1. The topological polar surface area (TPSA) is 144 Å². The Bertz CT molecular complexity index is 1240. The molecule has 0 aliphatic carbocycles. The van der Waals surface area contributed by atoms with Crippen LogP contribution in [0.3, 0.4) is 0 Å². The first-order chi connectivity index (χ1) is 22.5. The van der Waals surface area contributed by atoms with Crippen molar-refractivity contribution in [2.45, 2.75) is 96.9 Å². The van der Waals surface area contributed by atoms with E-state index in [2.05, 4.69) is 62.8 Å². The number of benzene rings is 1. The molecule has 0 saturated carbocycles. The van der Waals surface area contributed by atoms with E-state index in [4.69, 9.17) is 18.2 Å². The van der Waals surface area contributed by atoms with Crippen LogP contribution in [0, 0.1) is 0 Å². The Balaban J connectivity index is 2.09. The molecule has 3 amide bonds. The minimum Gasteiger partial charge on any atom is -0.491 e. The Morgan fingerprint density at radius 2 is 1.69 bits per heavy atom. The molecule has 2 atom stereocenters. The minimum atomic E-state index is -3.60. The van der Waals surface area contributed by atoms with Crippen molar-refractivity contribution in [3.63, 3.8) is 0 Å². The molecule has 15 heteroatoms. The number of amides is 3. The number of rotatable bonds is 20. The zero-order valence-electron chi connectivity index (χ0n) is 30.1. The van der Waals surface area contributed by atoms with Gasteiger partial charge in [0, 0.05) is 18.1 Å². The lowest BCUT2D eigenvalue weighted by atomic mass is 10.1. The second-order valence-electron chi connectivity index (χ2n) is 13.2. The average Bonchev–Trinajstić information content (AvgIpc) is 3.48. The second-order valence-corrected chi connectivity index (χ2v) is 21.6. The van der Waals surface area contributed by atoms with E-state index in [0.717, 1.165) is 6.42 Å². The molecule has 274 valence electrons. The monoisotopic (exact) mass is 777 g/mol. The highest BCUT2D eigenvalue weighted by Crippen LogP contribution is 2.48. The molecular formula is C33H57BrN3O9PSi. The lowest BCUT2D eigenvalue weighted by Crippen LogP contribution is -2.51. The minimum absolute atomic E-state index is 0.136. The SMILES string of the molecule is CCOP(=O)(CC(=O)N(C)CC(=O)N1CCC[C@H]1COc1cc(Br)ccc1C(=O)N[C@H](CO)CO[Si](C(C)C)(C(C)C)C(C)C)OCC. The van der Waals surface area contributed by atoms with Gasteiger partial charge in [-0.15, -0.1) is 0 Å². The summed E-state index contributed by atoms with van der Waals surface area (Å²) in [6.45, 7) is 17.1. The number of likely N-dealkylation sites (N-methyl/N-ethyl adjacent to an activating group) is 1. The first-order valence-corrected chi connectivity index (χ1v) is 21.6. The lowest BCUT2D eigenvalue weighted by Gasteiger charge is -2.43. The molecule has 12 nitrogen and oxygen atoms in total. The second kappa shape index (κ2) is 19.6. The van der Waals surface area contributed by atoms with Gasteiger partial charge in [0.2, 0.25) is 11.8 Å². The van der Waals surface area contributed by atoms with E-state index in [9.17, 15) is 24.1 Å². The molecule has 48 heavy (non-hydrogen) atoms. The standard InChI is InChI=1S/C33H57BrN3O9PSi/c1-10-44-47(42,45-11-2)22-32(40)36(9)18-31(39)37-16-12-13-28(37)21-43-30-17-26(34)14-15-29(30)33(41)35-27(19-38)20-46-48(23(3)4,24(5)6)25(7)8/h14-15,17,23-25,27-28,38H,10-13,16,18-22H2,1-9H3,(H,35,41)/t27-,28+/m1/s1. The summed E-state index contributed by atoms with van der Waals surface area (Å²) in [6, 6.07) is 4.23. The number of carbonyl (C=O) groups excluding carboxylic acids is 3. The maximum Gasteiger partial charge on any atom is 0.340 e. The molecule has 0 radical (unpaired) electrons. The molecule has 0 aromatic heterocycles. The van der Waals surface area contributed by atoms with Gasteiger partial charge in [0.1, 0.15) is 18.5 Å². The van der Waals surface area contributed by atoms with E-state index in [1.165, 1.54) is 11.9 Å². The largest absolute Gasteiger partial charge is 0.491 e. The van der Waals surface area contributed by atoms with Gasteiger partial charge in [-0.05, 0) is 61.5 Å². The van der Waals surface area contributed by atoms with E-state index < -0.39 is 39.9 Å². The highest BCUT2D eigenvalue weighted by atomic mass is 79.9. The fourth-order valence-corrected chi connectivity index (χ4v) is 14.1. The summed E-state index contributed by atoms with van der Waals surface area (Å²) < 4.78 is 36.8. The predicted molar refractivity (Wildman–Crippen MR) is 193 cm³/mol. The van der Waals surface area contributed by atoms with Crippen LogP contribution < -0.4 is 10.1 Å². The van der Waals surface area contributed by atoms with Gasteiger partial charge >= 0.3 is 7.60 Å². The van der Waals surface area contributed by atoms with Crippen LogP contribution in [-0.4, -0.2) is 112 Å². The van der Waals surface area contributed by atoms with Gasteiger partial charge in [-0.3, -0.25) is 18.9 Å². The summed E-state index contributed by atoms with van der Waals surface area (Å²) in [7, 11) is -4.32. The number of carbonyl (C=O) groups is 3. The average molecular weight is 779 g/mol. The van der Waals surface area contributed by atoms with Gasteiger partial charge in [-0.25, -0.2) is 0 Å². The predicted octanol–water partition coefficient (Wildman–Crippen LogP) is 5.83. The molecule has 0 unspecified atom stereocenters. The molecule has 1 saturated heterocycles. The van der Waals surface area contributed by atoms with Crippen molar-refractivity contribution in [2.75, 3.05) is 59.3 Å². The normalized spacial score (nSPS) is 16.1. The first kappa shape index (κ1) is 42.4. The molecule has 1 heterocycles. The van der Waals surface area contributed by atoms with Crippen LogP contribution in [0.4, 0.5) is 0 Å². The summed E-state index contributed by atoms with van der Waals surface area (Å²) in [5.41, 5.74) is 1.38. The summed E-state index contributed by atoms with van der Waals surface area (Å²) in [5, 5.41) is 13.1. The van der Waals surface area contributed by atoms with E-state index in [0.29, 0.717) is 45.4 Å². The fraction of sp³-hybridized carbons (Fsp3) is 0.727. The van der Waals surface area contributed by atoms with Crippen LogP contribution in [0.5, 0.6) is 5.75 Å². The third-order valence-electron chi connectivity index (χ3n) is 8.89. The first-order valence-electron chi connectivity index (χ1n) is 16.9. The maximum atomic E-state index is 13.5. The number of aliphatic hydroxyl groups excluding tert-OH is 1. The van der Waals surface area contributed by atoms with Crippen LogP contribution in [0.1, 0.15) is 78.6 Å². The molecule has 1 fully saturated rings. The zero-order valence-corrected chi connectivity index (χ0v) is 33.6. The summed E-state index contributed by atoms with van der Waals surface area (Å²) in [5.74, 6) is -0.838. The molecule has 2 N–H and O–H groups in total. The van der Waals surface area contributed by atoms with Crippen molar-refractivity contribution in [3.8, 4) is 5.75 Å². The van der Waals surface area contributed by atoms with Gasteiger partial charge in [0.15, 0.2) is 8.32 Å². The van der Waals surface area contributed by atoms with Crippen LogP contribution in [0.2, 0.25) is 16.6 Å². The Morgan fingerprint density at radius 1 is 1.08 bits per heavy atom. The maximum absolute atomic E-state index is 13.5. The Kier molecular flexibility index (Phi) is 17.3.